The second-order valence-corrected chi connectivity index (χ2v) is 5.24. The van der Waals surface area contributed by atoms with Crippen molar-refractivity contribution in [2.45, 2.75) is 26.1 Å². The first-order chi connectivity index (χ1) is 9.56. The van der Waals surface area contributed by atoms with E-state index in [1.54, 1.807) is 18.2 Å². The molecular formula is C14H21N2O4+. The van der Waals surface area contributed by atoms with Crippen LogP contribution < -0.4 is 9.64 Å². The zero-order valence-electron chi connectivity index (χ0n) is 11.9. The highest BCUT2D eigenvalue weighted by Crippen LogP contribution is 2.25. The highest BCUT2D eigenvalue weighted by Gasteiger charge is 2.25. The summed E-state index contributed by atoms with van der Waals surface area (Å²) < 4.78 is 11.2. The van der Waals surface area contributed by atoms with Crippen molar-refractivity contribution in [3.05, 3.63) is 34.4 Å². The van der Waals surface area contributed by atoms with E-state index < -0.39 is 4.92 Å². The molecule has 1 saturated heterocycles. The Bertz CT molecular complexity index is 456. The Morgan fingerprint density at radius 2 is 2.00 bits per heavy atom. The van der Waals surface area contributed by atoms with Gasteiger partial charge >= 0.3 is 5.69 Å². The first-order valence-electron chi connectivity index (χ1n) is 6.91. The Morgan fingerprint density at radius 1 is 1.35 bits per heavy atom. The van der Waals surface area contributed by atoms with Crippen molar-refractivity contribution in [1.82, 2.24) is 0 Å². The molecule has 0 spiro atoms. The molecule has 1 aromatic rings. The van der Waals surface area contributed by atoms with E-state index in [2.05, 4.69) is 13.8 Å². The van der Waals surface area contributed by atoms with E-state index in [-0.39, 0.29) is 17.9 Å². The van der Waals surface area contributed by atoms with Crippen LogP contribution in [0, 0.1) is 10.1 Å². The monoisotopic (exact) mass is 281 g/mol. The quantitative estimate of drug-likeness (QED) is 0.636. The molecule has 0 aliphatic carbocycles. The molecule has 1 aliphatic rings. The summed E-state index contributed by atoms with van der Waals surface area (Å²) in [6.07, 6.45) is 0.500. The third kappa shape index (κ3) is 3.91. The number of ether oxygens (including phenoxy) is 2. The van der Waals surface area contributed by atoms with Gasteiger partial charge in [-0.1, -0.05) is 12.1 Å². The fraction of sp³-hybridized carbons (Fsp3) is 0.571. The van der Waals surface area contributed by atoms with E-state index in [1.165, 1.54) is 11.0 Å². The number of benzene rings is 1. The van der Waals surface area contributed by atoms with Crippen molar-refractivity contribution in [3.63, 3.8) is 0 Å². The van der Waals surface area contributed by atoms with E-state index in [1.807, 2.05) is 0 Å². The average molecular weight is 281 g/mol. The number of nitrogens with one attached hydrogen (secondary N) is 1. The zero-order chi connectivity index (χ0) is 14.5. The molecule has 6 nitrogen and oxygen atoms in total. The van der Waals surface area contributed by atoms with E-state index in [0.717, 1.165) is 19.6 Å². The maximum Gasteiger partial charge on any atom is 0.310 e. The highest BCUT2D eigenvalue weighted by molar-refractivity contribution is 5.45. The second kappa shape index (κ2) is 6.67. The number of morpholine rings is 1. The third-order valence-electron chi connectivity index (χ3n) is 3.39. The maximum absolute atomic E-state index is 10.9. The molecule has 3 atom stereocenters. The van der Waals surface area contributed by atoms with Crippen LogP contribution in [0.3, 0.4) is 0 Å². The first-order valence-corrected chi connectivity index (χ1v) is 6.91. The fourth-order valence-corrected chi connectivity index (χ4v) is 2.63. The van der Waals surface area contributed by atoms with Crippen molar-refractivity contribution in [3.8, 4) is 5.75 Å². The molecule has 0 bridgehead atoms. The summed E-state index contributed by atoms with van der Waals surface area (Å²) in [5.41, 5.74) is 0.0196. The lowest BCUT2D eigenvalue weighted by Crippen LogP contribution is -3.16. The number of nitro groups is 1. The van der Waals surface area contributed by atoms with Gasteiger partial charge in [0.1, 0.15) is 38.4 Å². The van der Waals surface area contributed by atoms with Gasteiger partial charge in [-0.15, -0.1) is 0 Å². The topological polar surface area (TPSA) is 66.0 Å². The molecular weight excluding hydrogens is 260 g/mol. The van der Waals surface area contributed by atoms with Gasteiger partial charge in [-0.3, -0.25) is 10.1 Å². The van der Waals surface area contributed by atoms with Crippen molar-refractivity contribution in [2.75, 3.05) is 26.2 Å². The van der Waals surface area contributed by atoms with Gasteiger partial charge in [0.05, 0.1) is 4.92 Å². The van der Waals surface area contributed by atoms with E-state index >= 15 is 0 Å². The molecule has 1 heterocycles. The molecule has 0 amide bonds. The Balaban J connectivity index is 1.85. The van der Waals surface area contributed by atoms with Crippen LogP contribution in [0.2, 0.25) is 0 Å². The minimum absolute atomic E-state index is 0.0196. The zero-order valence-corrected chi connectivity index (χ0v) is 11.9. The van der Waals surface area contributed by atoms with Crippen molar-refractivity contribution < 1.29 is 19.3 Å². The Kier molecular flexibility index (Phi) is 4.92. The van der Waals surface area contributed by atoms with Gasteiger partial charge in [0, 0.05) is 6.07 Å². The summed E-state index contributed by atoms with van der Waals surface area (Å²) in [7, 11) is 0. The summed E-state index contributed by atoms with van der Waals surface area (Å²) >= 11 is 0. The normalized spacial score (nSPS) is 26.2. The molecule has 1 unspecified atom stereocenters. The molecule has 1 aliphatic heterocycles. The molecule has 0 aromatic heterocycles. The van der Waals surface area contributed by atoms with Crippen LogP contribution in [-0.2, 0) is 4.74 Å². The second-order valence-electron chi connectivity index (χ2n) is 5.24. The molecule has 20 heavy (non-hydrogen) atoms. The lowest BCUT2D eigenvalue weighted by Gasteiger charge is -2.32. The SMILES string of the molecule is C[C@@H]1C[NH+](CCOc2ccccc2[N+](=O)[O-])C[C@H](C)O1. The van der Waals surface area contributed by atoms with Crippen LogP contribution in [0.1, 0.15) is 13.8 Å². The van der Waals surface area contributed by atoms with Gasteiger partial charge in [-0.2, -0.15) is 0 Å². The number of para-hydroxylation sites is 2. The van der Waals surface area contributed by atoms with Gasteiger partial charge in [0.25, 0.3) is 0 Å². The Morgan fingerprint density at radius 3 is 2.65 bits per heavy atom. The van der Waals surface area contributed by atoms with Crippen LogP contribution in [0.25, 0.3) is 0 Å². The molecule has 6 heteroatoms. The first kappa shape index (κ1) is 14.7. The van der Waals surface area contributed by atoms with Crippen LogP contribution in [0.15, 0.2) is 24.3 Å². The van der Waals surface area contributed by atoms with Gasteiger partial charge < -0.3 is 14.4 Å². The van der Waals surface area contributed by atoms with Crippen LogP contribution in [0.4, 0.5) is 5.69 Å². The minimum Gasteiger partial charge on any atom is -0.481 e. The fourth-order valence-electron chi connectivity index (χ4n) is 2.63. The third-order valence-corrected chi connectivity index (χ3v) is 3.39. The molecule has 2 rings (SSSR count). The Labute approximate surface area is 118 Å². The standard InChI is InChI=1S/C14H20N2O4/c1-11-9-15(10-12(2)20-11)7-8-19-14-6-4-3-5-13(14)16(17)18/h3-6,11-12H,7-10H2,1-2H3/p+1/t11-,12+. The highest BCUT2D eigenvalue weighted by atomic mass is 16.6. The van der Waals surface area contributed by atoms with Crippen molar-refractivity contribution in [2.24, 2.45) is 0 Å². The lowest BCUT2D eigenvalue weighted by atomic mass is 10.2. The average Bonchev–Trinajstić information content (AvgIpc) is 2.38. The number of quaternary nitrogens is 1. The largest absolute Gasteiger partial charge is 0.481 e. The van der Waals surface area contributed by atoms with Crippen LogP contribution >= 0.6 is 0 Å². The predicted octanol–water partition coefficient (Wildman–Crippen LogP) is 0.666. The van der Waals surface area contributed by atoms with Gasteiger partial charge in [0.2, 0.25) is 0 Å². The number of hydrogen-bond acceptors (Lipinski definition) is 4. The summed E-state index contributed by atoms with van der Waals surface area (Å²) in [6.45, 7) is 7.33. The summed E-state index contributed by atoms with van der Waals surface area (Å²) in [4.78, 5) is 11.9. The molecule has 0 radical (unpaired) electrons. The van der Waals surface area contributed by atoms with E-state index in [0.29, 0.717) is 12.4 Å². The molecule has 1 N–H and O–H groups in total. The number of rotatable bonds is 5. The van der Waals surface area contributed by atoms with E-state index in [4.69, 9.17) is 9.47 Å². The molecule has 1 fully saturated rings. The van der Waals surface area contributed by atoms with E-state index in [9.17, 15) is 10.1 Å². The summed E-state index contributed by atoms with van der Waals surface area (Å²) in [6, 6.07) is 6.48. The van der Waals surface area contributed by atoms with Crippen molar-refractivity contribution in [1.29, 1.82) is 0 Å². The van der Waals surface area contributed by atoms with Gasteiger partial charge in [0.15, 0.2) is 5.75 Å². The van der Waals surface area contributed by atoms with Crippen LogP contribution in [0.5, 0.6) is 5.75 Å². The summed E-state index contributed by atoms with van der Waals surface area (Å²) in [5.74, 6) is 0.339. The van der Waals surface area contributed by atoms with Gasteiger partial charge in [-0.25, -0.2) is 0 Å². The number of nitro benzene ring substituents is 1. The molecule has 110 valence electrons. The minimum atomic E-state index is -0.416. The molecule has 1 aromatic carbocycles. The smallest absolute Gasteiger partial charge is 0.310 e. The van der Waals surface area contributed by atoms with Crippen molar-refractivity contribution >= 4 is 5.69 Å². The van der Waals surface area contributed by atoms with Gasteiger partial charge in [-0.05, 0) is 19.9 Å². The number of hydrogen-bond donors (Lipinski definition) is 1. The Hall–Kier alpha value is -1.66. The molecule has 0 saturated carbocycles. The summed E-state index contributed by atoms with van der Waals surface area (Å²) in [5, 5.41) is 10.9. The predicted molar refractivity (Wildman–Crippen MR) is 74.2 cm³/mol. The maximum atomic E-state index is 10.9. The van der Waals surface area contributed by atoms with Crippen LogP contribution in [-0.4, -0.2) is 43.4 Å². The number of nitrogens with zero attached hydrogens (tertiary/aromatic N) is 1. The lowest BCUT2D eigenvalue weighted by molar-refractivity contribution is -0.915.